The van der Waals surface area contributed by atoms with Crippen LogP contribution < -0.4 is 20.7 Å². The quantitative estimate of drug-likeness (QED) is 0.118. The summed E-state index contributed by atoms with van der Waals surface area (Å²) in [5.41, 5.74) is 6.92. The summed E-state index contributed by atoms with van der Waals surface area (Å²) in [7, 11) is 0. The summed E-state index contributed by atoms with van der Waals surface area (Å²) < 4.78 is 42.1. The first-order chi connectivity index (χ1) is 24.1. The van der Waals surface area contributed by atoms with Gasteiger partial charge in [-0.05, 0) is 31.2 Å². The number of hydrazone groups is 2. The molecular formula is C31H29Br2ClF2N10O4. The van der Waals surface area contributed by atoms with Crippen molar-refractivity contribution in [3.63, 3.8) is 0 Å². The van der Waals surface area contributed by atoms with Crippen LogP contribution in [-0.2, 0) is 9.47 Å². The van der Waals surface area contributed by atoms with E-state index in [1.54, 1.807) is 41.0 Å². The summed E-state index contributed by atoms with van der Waals surface area (Å²) in [5, 5.41) is 30.1. The Hall–Kier alpha value is -4.23. The average Bonchev–Trinajstić information content (AvgIpc) is 3.11. The molecule has 0 aliphatic carbocycles. The molecule has 0 bridgehead atoms. The summed E-state index contributed by atoms with van der Waals surface area (Å²) in [5.74, 6) is -1.22. The number of nitrogens with one attached hydrogen (secondary N) is 2. The molecule has 2 aliphatic heterocycles. The van der Waals surface area contributed by atoms with E-state index < -0.39 is 17.7 Å². The van der Waals surface area contributed by atoms with Crippen molar-refractivity contribution in [2.45, 2.75) is 13.0 Å². The number of aromatic nitrogens is 4. The SMILES string of the molecule is C/C(=N\Nc1ncc(F)c(N2CCOC(c3cc(Br)cc(/C=N/Nc4ncc(F)c(N5CCOCC5)n4)c3O)C2)n1)c1cc(Br)cc(Cl)c1O. The first-order valence-corrected chi connectivity index (χ1v) is 17.1. The van der Waals surface area contributed by atoms with Crippen molar-refractivity contribution in [3.05, 3.63) is 79.0 Å². The Bertz CT molecular complexity index is 1950. The minimum atomic E-state index is -0.673. The van der Waals surface area contributed by atoms with E-state index in [1.165, 1.54) is 6.21 Å². The maximum atomic E-state index is 15.1. The number of anilines is 4. The van der Waals surface area contributed by atoms with Crippen LogP contribution in [0.2, 0.25) is 5.02 Å². The molecule has 2 saturated heterocycles. The molecule has 2 aromatic carbocycles. The Morgan fingerprint density at radius 3 is 2.28 bits per heavy atom. The highest BCUT2D eigenvalue weighted by Crippen LogP contribution is 2.36. The highest BCUT2D eigenvalue weighted by Gasteiger charge is 2.28. The molecule has 6 rings (SSSR count). The highest BCUT2D eigenvalue weighted by atomic mass is 79.9. The normalized spacial score (nSPS) is 17.0. The zero-order valence-corrected chi connectivity index (χ0v) is 30.2. The zero-order chi connectivity index (χ0) is 35.4. The fourth-order valence-corrected chi connectivity index (χ4v) is 6.56. The van der Waals surface area contributed by atoms with Gasteiger partial charge >= 0.3 is 0 Å². The van der Waals surface area contributed by atoms with Crippen molar-refractivity contribution in [1.29, 1.82) is 0 Å². The number of benzene rings is 2. The minimum Gasteiger partial charge on any atom is -0.507 e. The number of rotatable bonds is 9. The van der Waals surface area contributed by atoms with E-state index in [0.717, 1.165) is 12.4 Å². The average molecular weight is 839 g/mol. The third-order valence-corrected chi connectivity index (χ3v) is 8.92. The van der Waals surface area contributed by atoms with Crippen molar-refractivity contribution in [1.82, 2.24) is 19.9 Å². The molecule has 2 aromatic heterocycles. The number of morpholine rings is 2. The zero-order valence-electron chi connectivity index (χ0n) is 26.2. The van der Waals surface area contributed by atoms with Crippen molar-refractivity contribution in [3.8, 4) is 11.5 Å². The highest BCUT2D eigenvalue weighted by molar-refractivity contribution is 9.10. The van der Waals surface area contributed by atoms with E-state index >= 15 is 4.39 Å². The molecule has 2 fully saturated rings. The minimum absolute atomic E-state index is 0.00761. The lowest BCUT2D eigenvalue weighted by atomic mass is 10.0. The lowest BCUT2D eigenvalue weighted by molar-refractivity contribution is 0.0377. The van der Waals surface area contributed by atoms with Gasteiger partial charge in [-0.1, -0.05) is 43.5 Å². The fraction of sp³-hybridized carbons (Fsp3) is 0.290. The largest absolute Gasteiger partial charge is 0.507 e. The molecule has 4 aromatic rings. The maximum absolute atomic E-state index is 15.1. The van der Waals surface area contributed by atoms with Crippen molar-refractivity contribution >= 4 is 78.9 Å². The van der Waals surface area contributed by atoms with Crippen molar-refractivity contribution in [2.24, 2.45) is 10.2 Å². The number of nitrogens with zero attached hydrogens (tertiary/aromatic N) is 8. The van der Waals surface area contributed by atoms with E-state index in [1.807, 2.05) is 0 Å². The van der Waals surface area contributed by atoms with Crippen LogP contribution in [0.25, 0.3) is 0 Å². The fourth-order valence-electron chi connectivity index (χ4n) is 5.25. The molecule has 4 heterocycles. The van der Waals surface area contributed by atoms with Crippen LogP contribution in [0, 0.1) is 11.6 Å². The monoisotopic (exact) mass is 836 g/mol. The van der Waals surface area contributed by atoms with Gasteiger partial charge < -0.3 is 29.5 Å². The first kappa shape index (κ1) is 35.6. The topological polar surface area (TPSA) is 166 Å². The third-order valence-electron chi connectivity index (χ3n) is 7.72. The number of hydrogen-bond donors (Lipinski definition) is 4. The molecular weight excluding hydrogens is 810 g/mol. The number of hydrogen-bond acceptors (Lipinski definition) is 14. The summed E-state index contributed by atoms with van der Waals surface area (Å²) in [6, 6.07) is 6.57. The molecule has 0 saturated carbocycles. The van der Waals surface area contributed by atoms with Crippen LogP contribution in [0.5, 0.6) is 11.5 Å². The van der Waals surface area contributed by atoms with Gasteiger partial charge in [0.25, 0.3) is 0 Å². The van der Waals surface area contributed by atoms with E-state index in [2.05, 4.69) is 72.9 Å². The van der Waals surface area contributed by atoms with Crippen LogP contribution >= 0.6 is 43.5 Å². The van der Waals surface area contributed by atoms with Crippen molar-refractivity contribution in [2.75, 3.05) is 66.7 Å². The smallest absolute Gasteiger partial charge is 0.245 e. The van der Waals surface area contributed by atoms with E-state index in [4.69, 9.17) is 21.1 Å². The molecule has 1 unspecified atom stereocenters. The molecule has 1 atom stereocenters. The molecule has 0 radical (unpaired) electrons. The van der Waals surface area contributed by atoms with E-state index in [-0.39, 0.29) is 53.2 Å². The molecule has 19 heteroatoms. The predicted octanol–water partition coefficient (Wildman–Crippen LogP) is 5.83. The lowest BCUT2D eigenvalue weighted by Gasteiger charge is -2.34. The summed E-state index contributed by atoms with van der Waals surface area (Å²) in [6.45, 7) is 4.25. The molecule has 50 heavy (non-hydrogen) atoms. The third kappa shape index (κ3) is 8.21. The number of halogens is 5. The summed E-state index contributed by atoms with van der Waals surface area (Å²) in [6.07, 6.45) is 2.79. The van der Waals surface area contributed by atoms with Crippen LogP contribution in [0.3, 0.4) is 0 Å². The Labute approximate surface area is 306 Å². The van der Waals surface area contributed by atoms with Gasteiger partial charge in [-0.2, -0.15) is 20.2 Å². The maximum Gasteiger partial charge on any atom is 0.245 e. The van der Waals surface area contributed by atoms with Gasteiger partial charge in [0, 0.05) is 45.3 Å². The van der Waals surface area contributed by atoms with Gasteiger partial charge in [0.15, 0.2) is 23.3 Å². The van der Waals surface area contributed by atoms with Crippen LogP contribution in [-0.4, -0.2) is 88.1 Å². The van der Waals surface area contributed by atoms with E-state index in [9.17, 15) is 14.6 Å². The van der Waals surface area contributed by atoms with E-state index in [0.29, 0.717) is 64.2 Å². The first-order valence-electron chi connectivity index (χ1n) is 15.1. The second-order valence-electron chi connectivity index (χ2n) is 11.0. The molecule has 0 amide bonds. The summed E-state index contributed by atoms with van der Waals surface area (Å²) in [4.78, 5) is 20.0. The van der Waals surface area contributed by atoms with Crippen molar-refractivity contribution < 1.29 is 28.5 Å². The predicted molar refractivity (Wildman–Crippen MR) is 192 cm³/mol. The van der Waals surface area contributed by atoms with Crippen LogP contribution in [0.4, 0.5) is 32.3 Å². The molecule has 14 nitrogen and oxygen atoms in total. The number of ether oxygens (including phenoxy) is 2. The molecule has 4 N–H and O–H groups in total. The lowest BCUT2D eigenvalue weighted by Crippen LogP contribution is -2.39. The second kappa shape index (κ2) is 15.8. The molecule has 2 aliphatic rings. The Morgan fingerprint density at radius 2 is 1.56 bits per heavy atom. The van der Waals surface area contributed by atoms with Gasteiger partial charge in [-0.3, -0.25) is 0 Å². The van der Waals surface area contributed by atoms with Gasteiger partial charge in [-0.25, -0.2) is 29.6 Å². The van der Waals surface area contributed by atoms with Crippen LogP contribution in [0.1, 0.15) is 29.7 Å². The standard InChI is InChI=1S/C31H29Br2ClF2N10O4/c1-16(20-9-19(33)11-22(34)27(20)48)42-44-31-38-14-24(36)29(41-31)46-4-7-50-25(15-46)21-10-18(32)8-17(26(21)47)12-39-43-30-37-13-23(35)28(40-30)45-2-5-49-6-3-45/h8-14,25,47-48H,2-7,15H2,1H3,(H,37,40,43)(H,38,41,44)/b39-12+,42-16+. The van der Waals surface area contributed by atoms with Gasteiger partial charge in [0.2, 0.25) is 11.9 Å². The van der Waals surface area contributed by atoms with Gasteiger partial charge in [0.05, 0.1) is 55.7 Å². The number of aromatic hydroxyl groups is 2. The summed E-state index contributed by atoms with van der Waals surface area (Å²) >= 11 is 12.9. The van der Waals surface area contributed by atoms with Gasteiger partial charge in [0.1, 0.15) is 17.6 Å². The number of phenols is 2. The Balaban J connectivity index is 1.16. The molecule has 0 spiro atoms. The van der Waals surface area contributed by atoms with Gasteiger partial charge in [-0.15, -0.1) is 0 Å². The Kier molecular flexibility index (Phi) is 11.2. The molecule has 262 valence electrons. The number of phenolic OH excluding ortho intramolecular Hbond substituents is 2. The second-order valence-corrected chi connectivity index (χ2v) is 13.3. The Morgan fingerprint density at radius 1 is 0.920 bits per heavy atom. The van der Waals surface area contributed by atoms with Crippen LogP contribution in [0.15, 0.2) is 55.8 Å².